The lowest BCUT2D eigenvalue weighted by atomic mass is 10.0. The second-order valence-corrected chi connectivity index (χ2v) is 5.73. The Kier molecular flexibility index (Phi) is 7.08. The van der Waals surface area contributed by atoms with Gasteiger partial charge in [0.2, 0.25) is 5.91 Å². The molecule has 1 rings (SSSR count). The molecule has 0 saturated heterocycles. The summed E-state index contributed by atoms with van der Waals surface area (Å²) in [7, 11) is 1.32. The largest absolute Gasteiger partial charge is 0.467 e. The van der Waals surface area contributed by atoms with Crippen LogP contribution in [0.1, 0.15) is 20.3 Å². The van der Waals surface area contributed by atoms with E-state index in [-0.39, 0.29) is 11.7 Å². The molecule has 0 aliphatic rings. The van der Waals surface area contributed by atoms with E-state index in [0.29, 0.717) is 12.3 Å². The van der Waals surface area contributed by atoms with Crippen LogP contribution in [-0.2, 0) is 14.3 Å². The molecule has 1 amide bonds. The maximum atomic E-state index is 11.9. The molecule has 0 fully saturated rings. The summed E-state index contributed by atoms with van der Waals surface area (Å²) in [5, 5.41) is 3.49. The molecule has 5 nitrogen and oxygen atoms in total. The minimum atomic E-state index is -0.586. The van der Waals surface area contributed by atoms with Crippen molar-refractivity contribution < 1.29 is 14.3 Å². The van der Waals surface area contributed by atoms with Crippen LogP contribution in [0.25, 0.3) is 0 Å². The first kappa shape index (κ1) is 16.5. The van der Waals surface area contributed by atoms with Gasteiger partial charge in [-0.15, -0.1) is 0 Å². The van der Waals surface area contributed by atoms with Gasteiger partial charge in [-0.1, -0.05) is 31.7 Å². The Morgan fingerprint density at radius 3 is 2.70 bits per heavy atom. The molecular weight excluding hydrogens is 276 g/mol. The highest BCUT2D eigenvalue weighted by Gasteiger charge is 2.22. The molecule has 0 spiro atoms. The number of pyridine rings is 1. The quantitative estimate of drug-likeness (QED) is 0.614. The summed E-state index contributed by atoms with van der Waals surface area (Å²) in [6, 6.07) is 4.93. The zero-order chi connectivity index (χ0) is 15.0. The zero-order valence-corrected chi connectivity index (χ0v) is 12.8. The van der Waals surface area contributed by atoms with Gasteiger partial charge < -0.3 is 10.1 Å². The highest BCUT2D eigenvalue weighted by atomic mass is 32.2. The topological polar surface area (TPSA) is 68.3 Å². The summed E-state index contributed by atoms with van der Waals surface area (Å²) in [6.07, 6.45) is 2.24. The van der Waals surface area contributed by atoms with Crippen LogP contribution < -0.4 is 5.32 Å². The van der Waals surface area contributed by atoms with Crippen molar-refractivity contribution in [3.05, 3.63) is 24.4 Å². The van der Waals surface area contributed by atoms with E-state index in [1.807, 2.05) is 32.0 Å². The van der Waals surface area contributed by atoms with Gasteiger partial charge in [0.25, 0.3) is 0 Å². The number of nitrogens with zero attached hydrogens (tertiary/aromatic N) is 1. The molecule has 0 radical (unpaired) electrons. The number of aromatic nitrogens is 1. The molecule has 6 heteroatoms. The fraction of sp³-hybridized carbons (Fsp3) is 0.500. The van der Waals surface area contributed by atoms with E-state index in [2.05, 4.69) is 10.3 Å². The van der Waals surface area contributed by atoms with E-state index in [4.69, 9.17) is 4.74 Å². The van der Waals surface area contributed by atoms with E-state index in [1.54, 1.807) is 6.20 Å². The van der Waals surface area contributed by atoms with Crippen LogP contribution in [0.2, 0.25) is 0 Å². The molecule has 1 N–H and O–H groups in total. The second-order valence-electron chi connectivity index (χ2n) is 4.73. The van der Waals surface area contributed by atoms with Crippen molar-refractivity contribution in [1.82, 2.24) is 10.3 Å². The molecule has 0 aromatic carbocycles. The Morgan fingerprint density at radius 2 is 2.15 bits per heavy atom. The minimum absolute atomic E-state index is 0.197. The normalized spacial score (nSPS) is 12.0. The van der Waals surface area contributed by atoms with Crippen LogP contribution >= 0.6 is 11.8 Å². The summed E-state index contributed by atoms with van der Waals surface area (Å²) < 4.78 is 4.70. The van der Waals surface area contributed by atoms with Gasteiger partial charge in [-0.05, 0) is 24.5 Å². The summed E-state index contributed by atoms with van der Waals surface area (Å²) in [5.41, 5.74) is 0. The summed E-state index contributed by atoms with van der Waals surface area (Å²) in [4.78, 5) is 27.6. The van der Waals surface area contributed by atoms with Gasteiger partial charge >= 0.3 is 5.97 Å². The Balaban J connectivity index is 2.47. The SMILES string of the molecule is COC(=O)[C@H](CC(C)C)NC(=O)CSc1ccccn1. The number of ether oxygens (including phenoxy) is 1. The number of hydrogen-bond donors (Lipinski definition) is 1. The van der Waals surface area contributed by atoms with Crippen molar-refractivity contribution >= 4 is 23.6 Å². The maximum absolute atomic E-state index is 11.9. The third-order valence-corrected chi connectivity index (χ3v) is 3.46. The Morgan fingerprint density at radius 1 is 1.40 bits per heavy atom. The fourth-order valence-electron chi connectivity index (χ4n) is 1.64. The summed E-state index contributed by atoms with van der Waals surface area (Å²) in [6.45, 7) is 3.98. The molecule has 1 heterocycles. The molecule has 0 saturated carbocycles. The first-order valence-corrected chi connectivity index (χ1v) is 7.42. The van der Waals surface area contributed by atoms with Crippen LogP contribution in [-0.4, -0.2) is 35.8 Å². The molecular formula is C14H20N2O3S. The third kappa shape index (κ3) is 6.06. The van der Waals surface area contributed by atoms with E-state index >= 15 is 0 Å². The van der Waals surface area contributed by atoms with Crippen molar-refractivity contribution in [3.63, 3.8) is 0 Å². The lowest BCUT2D eigenvalue weighted by Gasteiger charge is -2.18. The number of rotatable bonds is 7. The van der Waals surface area contributed by atoms with Crippen molar-refractivity contribution in [2.24, 2.45) is 5.92 Å². The number of amides is 1. The number of carbonyl (C=O) groups excluding carboxylic acids is 2. The van der Waals surface area contributed by atoms with Crippen LogP contribution in [0.15, 0.2) is 29.4 Å². The lowest BCUT2D eigenvalue weighted by molar-refractivity contribution is -0.145. The first-order valence-electron chi connectivity index (χ1n) is 6.44. The van der Waals surface area contributed by atoms with Crippen molar-refractivity contribution in [2.45, 2.75) is 31.3 Å². The second kappa shape index (κ2) is 8.58. The van der Waals surface area contributed by atoms with Crippen LogP contribution in [0.5, 0.6) is 0 Å². The van der Waals surface area contributed by atoms with Gasteiger partial charge in [-0.25, -0.2) is 9.78 Å². The molecule has 1 aromatic heterocycles. The van der Waals surface area contributed by atoms with Crippen molar-refractivity contribution in [3.8, 4) is 0 Å². The molecule has 0 aliphatic heterocycles. The lowest BCUT2D eigenvalue weighted by Crippen LogP contribution is -2.43. The number of hydrogen-bond acceptors (Lipinski definition) is 5. The summed E-state index contributed by atoms with van der Waals surface area (Å²) >= 11 is 1.33. The standard InChI is InChI=1S/C14H20N2O3S/c1-10(2)8-11(14(18)19-3)16-12(17)9-20-13-6-4-5-7-15-13/h4-7,10-11H,8-9H2,1-3H3,(H,16,17)/t11-/m0/s1. The zero-order valence-electron chi connectivity index (χ0n) is 12.0. The van der Waals surface area contributed by atoms with Crippen LogP contribution in [0, 0.1) is 5.92 Å². The molecule has 110 valence electrons. The molecule has 0 unspecified atom stereocenters. The smallest absolute Gasteiger partial charge is 0.328 e. The highest BCUT2D eigenvalue weighted by molar-refractivity contribution is 7.99. The van der Waals surface area contributed by atoms with Gasteiger partial charge in [0, 0.05) is 6.20 Å². The molecule has 1 aromatic rings. The first-order chi connectivity index (χ1) is 9.52. The third-order valence-electron chi connectivity index (χ3n) is 2.52. The van der Waals surface area contributed by atoms with Crippen molar-refractivity contribution in [2.75, 3.05) is 12.9 Å². The van der Waals surface area contributed by atoms with Gasteiger partial charge in [-0.2, -0.15) is 0 Å². The predicted octanol–water partition coefficient (Wildman–Crippen LogP) is 1.88. The molecule has 1 atom stereocenters. The van der Waals surface area contributed by atoms with Gasteiger partial charge in [0.05, 0.1) is 17.9 Å². The number of carbonyl (C=O) groups is 2. The number of methoxy groups -OCH3 is 1. The monoisotopic (exact) mass is 296 g/mol. The summed E-state index contributed by atoms with van der Waals surface area (Å²) in [5.74, 6) is -0.0859. The Hall–Kier alpha value is -1.56. The molecule has 0 bridgehead atoms. The van der Waals surface area contributed by atoms with E-state index in [0.717, 1.165) is 5.03 Å². The van der Waals surface area contributed by atoms with Crippen molar-refractivity contribution in [1.29, 1.82) is 0 Å². The van der Waals surface area contributed by atoms with E-state index < -0.39 is 12.0 Å². The average Bonchev–Trinajstić information content (AvgIpc) is 2.44. The number of esters is 1. The maximum Gasteiger partial charge on any atom is 0.328 e. The van der Waals surface area contributed by atoms with Crippen LogP contribution in [0.3, 0.4) is 0 Å². The van der Waals surface area contributed by atoms with Gasteiger partial charge in [0.15, 0.2) is 0 Å². The van der Waals surface area contributed by atoms with E-state index in [9.17, 15) is 9.59 Å². The number of nitrogens with one attached hydrogen (secondary N) is 1. The van der Waals surface area contributed by atoms with Gasteiger partial charge in [0.1, 0.15) is 6.04 Å². The average molecular weight is 296 g/mol. The number of thioether (sulfide) groups is 1. The van der Waals surface area contributed by atoms with Gasteiger partial charge in [-0.3, -0.25) is 4.79 Å². The Labute approximate surface area is 123 Å². The fourth-order valence-corrected chi connectivity index (χ4v) is 2.31. The molecule has 20 heavy (non-hydrogen) atoms. The minimum Gasteiger partial charge on any atom is -0.467 e. The Bertz CT molecular complexity index is 437. The van der Waals surface area contributed by atoms with E-state index in [1.165, 1.54) is 18.9 Å². The highest BCUT2D eigenvalue weighted by Crippen LogP contribution is 2.14. The van der Waals surface area contributed by atoms with Crippen LogP contribution in [0.4, 0.5) is 0 Å². The molecule has 0 aliphatic carbocycles. The predicted molar refractivity (Wildman–Crippen MR) is 78.4 cm³/mol.